The molecule has 23 heavy (non-hydrogen) atoms. The van der Waals surface area contributed by atoms with Crippen LogP contribution in [0, 0.1) is 19.8 Å². The molecule has 1 aromatic carbocycles. The van der Waals surface area contributed by atoms with Gasteiger partial charge in [0.05, 0.1) is 5.92 Å². The van der Waals surface area contributed by atoms with Crippen molar-refractivity contribution >= 4 is 17.5 Å². The summed E-state index contributed by atoms with van der Waals surface area (Å²) in [5.74, 6) is -0.241. The van der Waals surface area contributed by atoms with Crippen molar-refractivity contribution < 1.29 is 9.59 Å². The van der Waals surface area contributed by atoms with E-state index >= 15 is 0 Å². The van der Waals surface area contributed by atoms with Crippen LogP contribution >= 0.6 is 0 Å². The van der Waals surface area contributed by atoms with Gasteiger partial charge in [0.25, 0.3) is 0 Å². The Balaban J connectivity index is 1.97. The summed E-state index contributed by atoms with van der Waals surface area (Å²) in [6.45, 7) is 9.01. The molecule has 0 radical (unpaired) electrons. The third-order valence-corrected chi connectivity index (χ3v) is 4.70. The average molecular weight is 317 g/mol. The molecule has 5 heteroatoms. The van der Waals surface area contributed by atoms with E-state index in [1.807, 2.05) is 39.1 Å². The molecular formula is C18H27N3O2. The monoisotopic (exact) mass is 317 g/mol. The molecule has 126 valence electrons. The van der Waals surface area contributed by atoms with Crippen molar-refractivity contribution in [2.24, 2.45) is 5.92 Å². The molecule has 2 rings (SSSR count). The molecule has 1 aliphatic heterocycles. The van der Waals surface area contributed by atoms with Gasteiger partial charge in [0, 0.05) is 31.7 Å². The van der Waals surface area contributed by atoms with E-state index in [1.165, 1.54) is 0 Å². The van der Waals surface area contributed by atoms with Gasteiger partial charge in [-0.2, -0.15) is 0 Å². The fraction of sp³-hybridized carbons (Fsp3) is 0.556. The second kappa shape index (κ2) is 7.59. The van der Waals surface area contributed by atoms with Crippen LogP contribution in [-0.2, 0) is 9.59 Å². The van der Waals surface area contributed by atoms with Gasteiger partial charge in [-0.3, -0.25) is 9.59 Å². The van der Waals surface area contributed by atoms with Crippen molar-refractivity contribution in [2.45, 2.75) is 27.2 Å². The Morgan fingerprint density at radius 2 is 2.13 bits per heavy atom. The Hall–Kier alpha value is -1.88. The number of aryl methyl sites for hydroxylation is 1. The number of carbonyl (C=O) groups excluding carboxylic acids is 2. The fourth-order valence-corrected chi connectivity index (χ4v) is 2.82. The van der Waals surface area contributed by atoms with Crippen LogP contribution in [0.3, 0.4) is 0 Å². The summed E-state index contributed by atoms with van der Waals surface area (Å²) >= 11 is 0. The highest BCUT2D eigenvalue weighted by Gasteiger charge is 2.35. The van der Waals surface area contributed by atoms with Crippen molar-refractivity contribution in [2.75, 3.05) is 38.1 Å². The maximum absolute atomic E-state index is 12.3. The van der Waals surface area contributed by atoms with Crippen molar-refractivity contribution in [3.8, 4) is 0 Å². The van der Waals surface area contributed by atoms with Gasteiger partial charge in [-0.05, 0) is 44.6 Å². The summed E-state index contributed by atoms with van der Waals surface area (Å²) in [6, 6.07) is 5.95. The zero-order valence-electron chi connectivity index (χ0n) is 14.6. The van der Waals surface area contributed by atoms with E-state index < -0.39 is 0 Å². The minimum Gasteiger partial charge on any atom is -0.355 e. The van der Waals surface area contributed by atoms with Gasteiger partial charge >= 0.3 is 0 Å². The fourth-order valence-electron chi connectivity index (χ4n) is 2.82. The molecule has 1 aromatic rings. The number of nitrogens with one attached hydrogen (secondary N) is 1. The molecule has 1 saturated heterocycles. The smallest absolute Gasteiger partial charge is 0.227 e. The molecule has 1 aliphatic rings. The van der Waals surface area contributed by atoms with Gasteiger partial charge in [0.1, 0.15) is 0 Å². The van der Waals surface area contributed by atoms with E-state index in [4.69, 9.17) is 0 Å². The molecule has 2 amide bonds. The maximum atomic E-state index is 12.3. The van der Waals surface area contributed by atoms with E-state index in [2.05, 4.69) is 17.1 Å². The highest BCUT2D eigenvalue weighted by molar-refractivity contribution is 6.00. The zero-order chi connectivity index (χ0) is 17.0. The third-order valence-electron chi connectivity index (χ3n) is 4.70. The first kappa shape index (κ1) is 17.5. The van der Waals surface area contributed by atoms with Gasteiger partial charge in [-0.15, -0.1) is 0 Å². The first-order valence-corrected chi connectivity index (χ1v) is 8.26. The number of rotatable bonds is 6. The normalized spacial score (nSPS) is 17.9. The molecule has 1 heterocycles. The van der Waals surface area contributed by atoms with E-state index in [0.717, 1.165) is 29.9 Å². The van der Waals surface area contributed by atoms with Crippen LogP contribution in [0.4, 0.5) is 5.69 Å². The first-order valence-electron chi connectivity index (χ1n) is 8.26. The van der Waals surface area contributed by atoms with E-state index in [-0.39, 0.29) is 17.7 Å². The van der Waals surface area contributed by atoms with Crippen LogP contribution in [0.5, 0.6) is 0 Å². The molecule has 0 spiro atoms. The molecule has 0 bridgehead atoms. The average Bonchev–Trinajstić information content (AvgIpc) is 2.91. The molecule has 0 unspecified atom stereocenters. The van der Waals surface area contributed by atoms with E-state index in [9.17, 15) is 9.59 Å². The first-order chi connectivity index (χ1) is 10.9. The highest BCUT2D eigenvalue weighted by atomic mass is 16.2. The molecule has 1 atom stereocenters. The number of anilines is 1. The van der Waals surface area contributed by atoms with Crippen LogP contribution in [0.15, 0.2) is 18.2 Å². The van der Waals surface area contributed by atoms with Crippen molar-refractivity contribution in [1.82, 2.24) is 10.2 Å². The van der Waals surface area contributed by atoms with E-state index in [1.54, 1.807) is 4.90 Å². The van der Waals surface area contributed by atoms with Crippen LogP contribution in [0.2, 0.25) is 0 Å². The quantitative estimate of drug-likeness (QED) is 0.869. The van der Waals surface area contributed by atoms with Crippen molar-refractivity contribution in [3.63, 3.8) is 0 Å². The second-order valence-corrected chi connectivity index (χ2v) is 6.31. The van der Waals surface area contributed by atoms with Crippen LogP contribution in [0.25, 0.3) is 0 Å². The molecule has 1 N–H and O–H groups in total. The summed E-state index contributed by atoms with van der Waals surface area (Å²) in [6.07, 6.45) is 0.294. The zero-order valence-corrected chi connectivity index (χ0v) is 14.6. The predicted octanol–water partition coefficient (Wildman–Crippen LogP) is 1.72. The predicted molar refractivity (Wildman–Crippen MR) is 92.6 cm³/mol. The molecule has 0 aliphatic carbocycles. The van der Waals surface area contributed by atoms with Crippen molar-refractivity contribution in [1.29, 1.82) is 0 Å². The van der Waals surface area contributed by atoms with Gasteiger partial charge in [-0.25, -0.2) is 0 Å². The second-order valence-electron chi connectivity index (χ2n) is 6.31. The number of amides is 2. The van der Waals surface area contributed by atoms with Crippen LogP contribution in [-0.4, -0.2) is 49.9 Å². The largest absolute Gasteiger partial charge is 0.355 e. The lowest BCUT2D eigenvalue weighted by Gasteiger charge is -2.20. The lowest BCUT2D eigenvalue weighted by atomic mass is 10.1. The summed E-state index contributed by atoms with van der Waals surface area (Å²) < 4.78 is 0. The summed E-state index contributed by atoms with van der Waals surface area (Å²) in [5, 5.41) is 2.95. The number of hydrogen-bond donors (Lipinski definition) is 1. The van der Waals surface area contributed by atoms with E-state index in [0.29, 0.717) is 19.5 Å². The molecule has 1 fully saturated rings. The SMILES string of the molecule is CCN(C)CCNC(=O)[C@H]1CC(=O)N(c2cccc(C)c2C)C1. The third kappa shape index (κ3) is 4.10. The maximum Gasteiger partial charge on any atom is 0.227 e. The Morgan fingerprint density at radius 1 is 1.39 bits per heavy atom. The number of nitrogens with zero attached hydrogens (tertiary/aromatic N) is 2. The molecule has 0 saturated carbocycles. The van der Waals surface area contributed by atoms with Gasteiger partial charge in [-0.1, -0.05) is 19.1 Å². The summed E-state index contributed by atoms with van der Waals surface area (Å²) in [4.78, 5) is 28.5. The van der Waals surface area contributed by atoms with Gasteiger partial charge in [0.2, 0.25) is 11.8 Å². The number of likely N-dealkylation sites (N-methyl/N-ethyl adjacent to an activating group) is 1. The minimum absolute atomic E-state index is 0.0179. The Morgan fingerprint density at radius 3 is 2.83 bits per heavy atom. The molecular weight excluding hydrogens is 290 g/mol. The number of carbonyl (C=O) groups is 2. The van der Waals surface area contributed by atoms with Crippen LogP contribution in [0.1, 0.15) is 24.5 Å². The summed E-state index contributed by atoms with van der Waals surface area (Å²) in [7, 11) is 2.02. The topological polar surface area (TPSA) is 52.7 Å². The van der Waals surface area contributed by atoms with Gasteiger partial charge in [0.15, 0.2) is 0 Å². The minimum atomic E-state index is -0.255. The highest BCUT2D eigenvalue weighted by Crippen LogP contribution is 2.29. The van der Waals surface area contributed by atoms with Gasteiger partial charge < -0.3 is 15.1 Å². The Bertz CT molecular complexity index is 586. The number of benzene rings is 1. The standard InChI is InChI=1S/C18H27N3O2/c1-5-20(4)10-9-19-18(23)15-11-17(22)21(12-15)16-8-6-7-13(2)14(16)3/h6-8,15H,5,9-12H2,1-4H3,(H,19,23)/t15-/m0/s1. The molecule has 0 aromatic heterocycles. The van der Waals surface area contributed by atoms with Crippen molar-refractivity contribution in [3.05, 3.63) is 29.3 Å². The Kier molecular flexibility index (Phi) is 5.77. The van der Waals surface area contributed by atoms with Crippen LogP contribution < -0.4 is 10.2 Å². The lowest BCUT2D eigenvalue weighted by molar-refractivity contribution is -0.126. The summed E-state index contributed by atoms with van der Waals surface area (Å²) in [5.41, 5.74) is 3.19. The lowest BCUT2D eigenvalue weighted by Crippen LogP contribution is -2.37. The molecule has 5 nitrogen and oxygen atoms in total. The Labute approximate surface area is 138 Å². The number of hydrogen-bond acceptors (Lipinski definition) is 3.